The summed E-state index contributed by atoms with van der Waals surface area (Å²) < 4.78 is 10.9. The summed E-state index contributed by atoms with van der Waals surface area (Å²) in [7, 11) is 0. The fraction of sp³-hybridized carbons (Fsp3) is 0.267. The molecule has 4 heterocycles. The summed E-state index contributed by atoms with van der Waals surface area (Å²) in [4.78, 5) is 33.1. The minimum absolute atomic E-state index is 0.0164. The first-order chi connectivity index (χ1) is 20.0. The van der Waals surface area contributed by atoms with Crippen LogP contribution in [0.1, 0.15) is 21.7 Å². The molecule has 11 heteroatoms. The highest BCUT2D eigenvalue weighted by atomic mass is 35.5. The van der Waals surface area contributed by atoms with Crippen molar-refractivity contribution in [1.82, 2.24) is 20.0 Å². The molecular weight excluding hydrogens is 562 g/mol. The van der Waals surface area contributed by atoms with Gasteiger partial charge in [-0.15, -0.1) is 21.5 Å². The van der Waals surface area contributed by atoms with E-state index < -0.39 is 0 Å². The molecule has 2 aliphatic heterocycles. The summed E-state index contributed by atoms with van der Waals surface area (Å²) >= 11 is 7.68. The monoisotopic (exact) mass is 589 g/mol. The van der Waals surface area contributed by atoms with Gasteiger partial charge in [-0.2, -0.15) is 0 Å². The second kappa shape index (κ2) is 12.2. The number of rotatable bonds is 7. The quantitative estimate of drug-likeness (QED) is 0.301. The van der Waals surface area contributed by atoms with E-state index in [0.29, 0.717) is 46.7 Å². The molecule has 4 aromatic rings. The van der Waals surface area contributed by atoms with Crippen LogP contribution in [0.2, 0.25) is 5.02 Å². The van der Waals surface area contributed by atoms with Crippen molar-refractivity contribution in [3.05, 3.63) is 87.6 Å². The minimum Gasteiger partial charge on any atom is -0.454 e. The van der Waals surface area contributed by atoms with Gasteiger partial charge in [-0.1, -0.05) is 41.9 Å². The van der Waals surface area contributed by atoms with Gasteiger partial charge in [0.05, 0.1) is 15.6 Å². The number of amides is 2. The Morgan fingerprint density at radius 2 is 1.80 bits per heavy atom. The summed E-state index contributed by atoms with van der Waals surface area (Å²) in [6.07, 6.45) is 0.778. The van der Waals surface area contributed by atoms with Crippen LogP contribution in [0.4, 0.5) is 5.82 Å². The smallest absolute Gasteiger partial charge is 0.264 e. The van der Waals surface area contributed by atoms with Crippen LogP contribution in [0.25, 0.3) is 11.3 Å². The third kappa shape index (κ3) is 6.13. The summed E-state index contributed by atoms with van der Waals surface area (Å²) in [5, 5.41) is 11.3. The van der Waals surface area contributed by atoms with Crippen molar-refractivity contribution < 1.29 is 19.1 Å². The predicted molar refractivity (Wildman–Crippen MR) is 158 cm³/mol. The lowest BCUT2D eigenvalue weighted by Crippen LogP contribution is -2.43. The van der Waals surface area contributed by atoms with Gasteiger partial charge in [-0.3, -0.25) is 9.59 Å². The molecule has 2 aromatic carbocycles. The fourth-order valence-electron chi connectivity index (χ4n) is 4.98. The Hall–Kier alpha value is -4.15. The van der Waals surface area contributed by atoms with Crippen LogP contribution >= 0.6 is 22.9 Å². The van der Waals surface area contributed by atoms with Gasteiger partial charge in [-0.25, -0.2) is 0 Å². The molecular formula is C30H28ClN5O4S. The van der Waals surface area contributed by atoms with Crippen LogP contribution in [0, 0.1) is 0 Å². The van der Waals surface area contributed by atoms with Crippen molar-refractivity contribution in [2.24, 2.45) is 0 Å². The maximum absolute atomic E-state index is 13.5. The van der Waals surface area contributed by atoms with Gasteiger partial charge in [0, 0.05) is 38.3 Å². The number of hydrogen-bond donors (Lipinski definition) is 0. The maximum Gasteiger partial charge on any atom is 0.264 e. The highest BCUT2D eigenvalue weighted by Gasteiger charge is 2.26. The van der Waals surface area contributed by atoms with Crippen LogP contribution < -0.4 is 14.4 Å². The standard InChI is InChI=1S/C30H28ClN5O4S/c31-23-6-2-1-5-22(23)24-9-11-28(33-32-24)34-12-4-13-35(15-14-34)29(37)19-36(30(38)27-7-3-16-41-27)18-21-8-10-25-26(17-21)40-20-39-25/h1-3,5-11,16-17H,4,12-15,18-20H2. The van der Waals surface area contributed by atoms with Crippen LogP contribution in [-0.4, -0.2) is 71.3 Å². The Morgan fingerprint density at radius 3 is 2.61 bits per heavy atom. The van der Waals surface area contributed by atoms with E-state index in [-0.39, 0.29) is 31.7 Å². The van der Waals surface area contributed by atoms with Crippen molar-refractivity contribution in [3.8, 4) is 22.8 Å². The molecule has 2 aromatic heterocycles. The van der Waals surface area contributed by atoms with Gasteiger partial charge in [0.25, 0.3) is 5.91 Å². The lowest BCUT2D eigenvalue weighted by atomic mass is 10.1. The van der Waals surface area contributed by atoms with E-state index in [0.717, 1.165) is 29.9 Å². The largest absolute Gasteiger partial charge is 0.454 e. The fourth-order valence-corrected chi connectivity index (χ4v) is 5.90. The Morgan fingerprint density at radius 1 is 0.927 bits per heavy atom. The predicted octanol–water partition coefficient (Wildman–Crippen LogP) is 4.97. The molecule has 9 nitrogen and oxygen atoms in total. The van der Waals surface area contributed by atoms with Crippen LogP contribution in [-0.2, 0) is 11.3 Å². The number of aromatic nitrogens is 2. The number of ether oxygens (including phenoxy) is 2. The van der Waals surface area contributed by atoms with E-state index in [1.807, 2.05) is 70.9 Å². The van der Waals surface area contributed by atoms with Crippen LogP contribution in [0.5, 0.6) is 11.5 Å². The lowest BCUT2D eigenvalue weighted by Gasteiger charge is -2.27. The molecule has 0 saturated carbocycles. The van der Waals surface area contributed by atoms with E-state index in [4.69, 9.17) is 21.1 Å². The highest BCUT2D eigenvalue weighted by molar-refractivity contribution is 7.12. The zero-order valence-corrected chi connectivity index (χ0v) is 23.8. The molecule has 0 aliphatic carbocycles. The molecule has 0 radical (unpaired) electrons. The Labute approximate surface area is 246 Å². The van der Waals surface area contributed by atoms with Crippen molar-refractivity contribution >= 4 is 40.6 Å². The van der Waals surface area contributed by atoms with Gasteiger partial charge in [0.2, 0.25) is 12.7 Å². The van der Waals surface area contributed by atoms with Gasteiger partial charge < -0.3 is 24.2 Å². The topological polar surface area (TPSA) is 88.1 Å². The third-order valence-electron chi connectivity index (χ3n) is 7.13. The van der Waals surface area contributed by atoms with Crippen molar-refractivity contribution in [2.45, 2.75) is 13.0 Å². The molecule has 41 heavy (non-hydrogen) atoms. The van der Waals surface area contributed by atoms with Gasteiger partial charge >= 0.3 is 0 Å². The molecule has 0 unspecified atom stereocenters. The molecule has 2 aliphatic rings. The number of hydrogen-bond acceptors (Lipinski definition) is 8. The number of nitrogens with zero attached hydrogens (tertiary/aromatic N) is 5. The first kappa shape index (κ1) is 27.0. The highest BCUT2D eigenvalue weighted by Crippen LogP contribution is 2.33. The Kier molecular flexibility index (Phi) is 8.02. The minimum atomic E-state index is -0.170. The van der Waals surface area contributed by atoms with Crippen LogP contribution in [0.3, 0.4) is 0 Å². The molecule has 1 saturated heterocycles. The Balaban J connectivity index is 1.12. The number of anilines is 1. The van der Waals surface area contributed by atoms with Crippen molar-refractivity contribution in [3.63, 3.8) is 0 Å². The molecule has 0 bridgehead atoms. The molecule has 2 amide bonds. The average molecular weight is 590 g/mol. The molecule has 0 N–H and O–H groups in total. The molecule has 0 spiro atoms. The summed E-state index contributed by atoms with van der Waals surface area (Å²) in [5.41, 5.74) is 2.42. The van der Waals surface area contributed by atoms with E-state index in [9.17, 15) is 9.59 Å². The number of fused-ring (bicyclic) bond motifs is 1. The van der Waals surface area contributed by atoms with E-state index >= 15 is 0 Å². The van der Waals surface area contributed by atoms with Crippen molar-refractivity contribution in [2.75, 3.05) is 44.4 Å². The average Bonchev–Trinajstić information content (AvgIpc) is 3.64. The third-order valence-corrected chi connectivity index (χ3v) is 8.32. The number of halogens is 1. The van der Waals surface area contributed by atoms with Crippen molar-refractivity contribution in [1.29, 1.82) is 0 Å². The first-order valence-corrected chi connectivity index (χ1v) is 14.6. The second-order valence-corrected chi connectivity index (χ2v) is 11.2. The first-order valence-electron chi connectivity index (χ1n) is 13.4. The molecule has 210 valence electrons. The van der Waals surface area contributed by atoms with E-state index in [1.165, 1.54) is 11.3 Å². The number of benzene rings is 2. The number of carbonyl (C=O) groups is 2. The summed E-state index contributed by atoms with van der Waals surface area (Å²) in [6, 6.07) is 20.6. The Bertz CT molecular complexity index is 1530. The van der Waals surface area contributed by atoms with Gasteiger partial charge in [-0.05, 0) is 53.8 Å². The van der Waals surface area contributed by atoms with Gasteiger partial charge in [0.15, 0.2) is 17.3 Å². The zero-order chi connectivity index (χ0) is 28.2. The summed E-state index contributed by atoms with van der Waals surface area (Å²) in [5.74, 6) is 1.83. The SMILES string of the molecule is O=C(CN(Cc1ccc2c(c1)OCO2)C(=O)c1cccs1)N1CCCN(c2ccc(-c3ccccc3Cl)nn2)CC1. The zero-order valence-electron chi connectivity index (χ0n) is 22.2. The summed E-state index contributed by atoms with van der Waals surface area (Å²) in [6.45, 7) is 2.94. The van der Waals surface area contributed by atoms with E-state index in [1.54, 1.807) is 11.0 Å². The molecule has 0 atom stereocenters. The maximum atomic E-state index is 13.5. The normalized spacial score (nSPS) is 14.6. The second-order valence-electron chi connectivity index (χ2n) is 9.80. The van der Waals surface area contributed by atoms with Crippen LogP contribution in [0.15, 0.2) is 72.1 Å². The van der Waals surface area contributed by atoms with E-state index in [2.05, 4.69) is 15.1 Å². The number of carbonyl (C=O) groups excluding carboxylic acids is 2. The molecule has 1 fully saturated rings. The van der Waals surface area contributed by atoms with Gasteiger partial charge in [0.1, 0.15) is 6.54 Å². The molecule has 6 rings (SSSR count). The number of thiophene rings is 1. The lowest BCUT2D eigenvalue weighted by molar-refractivity contribution is -0.131.